The van der Waals surface area contributed by atoms with Crippen LogP contribution in [0.5, 0.6) is 0 Å². The van der Waals surface area contributed by atoms with Crippen molar-refractivity contribution in [3.8, 4) is 0 Å². The maximum atomic E-state index is 13.0. The van der Waals surface area contributed by atoms with Gasteiger partial charge in [0.15, 0.2) is 0 Å². The van der Waals surface area contributed by atoms with Crippen LogP contribution in [0.3, 0.4) is 0 Å². The molecule has 1 amide bonds. The van der Waals surface area contributed by atoms with Gasteiger partial charge in [-0.1, -0.05) is 6.07 Å². The van der Waals surface area contributed by atoms with Gasteiger partial charge in [-0.05, 0) is 61.8 Å². The first-order valence-electron chi connectivity index (χ1n) is 10.2. The highest BCUT2D eigenvalue weighted by atomic mass is 32.2. The van der Waals surface area contributed by atoms with Gasteiger partial charge in [-0.25, -0.2) is 8.42 Å². The van der Waals surface area contributed by atoms with Gasteiger partial charge in [0.25, 0.3) is 0 Å². The SMILES string of the molecule is O=C(CN1CCN(S(=O)(=O)c2ccc3c(c2)CCCC3)CC1)N1CCCC1. The Morgan fingerprint density at radius 3 is 2.22 bits per heavy atom. The fraction of sp³-hybridized carbons (Fsp3) is 0.650. The molecule has 0 radical (unpaired) electrons. The summed E-state index contributed by atoms with van der Waals surface area (Å²) in [4.78, 5) is 16.7. The van der Waals surface area contributed by atoms with Gasteiger partial charge in [0.2, 0.25) is 15.9 Å². The lowest BCUT2D eigenvalue weighted by Gasteiger charge is -2.34. The summed E-state index contributed by atoms with van der Waals surface area (Å²) >= 11 is 0. The Morgan fingerprint density at radius 2 is 1.52 bits per heavy atom. The number of amides is 1. The summed E-state index contributed by atoms with van der Waals surface area (Å²) in [6.45, 7) is 4.27. The van der Waals surface area contributed by atoms with Gasteiger partial charge in [-0.15, -0.1) is 0 Å². The smallest absolute Gasteiger partial charge is 0.243 e. The third-order valence-corrected chi connectivity index (χ3v) is 8.00. The Labute approximate surface area is 162 Å². The minimum absolute atomic E-state index is 0.179. The number of piperazine rings is 1. The summed E-state index contributed by atoms with van der Waals surface area (Å²) < 4.78 is 27.7. The second-order valence-corrected chi connectivity index (χ2v) is 9.84. The molecule has 6 nitrogen and oxygen atoms in total. The van der Waals surface area contributed by atoms with Crippen LogP contribution in [0.4, 0.5) is 0 Å². The molecule has 1 aliphatic carbocycles. The van der Waals surface area contributed by atoms with Gasteiger partial charge in [-0.3, -0.25) is 9.69 Å². The normalized spacial score (nSPS) is 22.0. The summed E-state index contributed by atoms with van der Waals surface area (Å²) in [7, 11) is -3.45. The molecule has 0 unspecified atom stereocenters. The van der Waals surface area contributed by atoms with Crippen LogP contribution in [-0.2, 0) is 27.7 Å². The van der Waals surface area contributed by atoms with Crippen molar-refractivity contribution in [1.82, 2.24) is 14.1 Å². The van der Waals surface area contributed by atoms with E-state index >= 15 is 0 Å². The largest absolute Gasteiger partial charge is 0.342 e. The van der Waals surface area contributed by atoms with Gasteiger partial charge in [0, 0.05) is 39.3 Å². The number of hydrogen-bond acceptors (Lipinski definition) is 4. The Balaban J connectivity index is 1.37. The van der Waals surface area contributed by atoms with Gasteiger partial charge in [-0.2, -0.15) is 4.31 Å². The Kier molecular flexibility index (Phi) is 5.53. The number of likely N-dealkylation sites (tertiary alicyclic amines) is 1. The summed E-state index contributed by atoms with van der Waals surface area (Å²) in [6, 6.07) is 5.64. The van der Waals surface area contributed by atoms with Crippen molar-refractivity contribution in [2.45, 2.75) is 43.4 Å². The van der Waals surface area contributed by atoms with Crippen LogP contribution in [0.15, 0.2) is 23.1 Å². The van der Waals surface area contributed by atoms with Crippen LogP contribution >= 0.6 is 0 Å². The van der Waals surface area contributed by atoms with E-state index in [1.165, 1.54) is 17.5 Å². The summed E-state index contributed by atoms with van der Waals surface area (Å²) in [6.07, 6.45) is 6.55. The molecule has 2 aliphatic heterocycles. The number of benzene rings is 1. The standard InChI is InChI=1S/C20H29N3O3S/c24-20(22-9-3-4-10-22)16-21-11-13-23(14-12-21)27(25,26)19-8-7-17-5-1-2-6-18(17)15-19/h7-8,15H,1-6,9-14,16H2. The lowest BCUT2D eigenvalue weighted by molar-refractivity contribution is -0.131. The Hall–Kier alpha value is -1.44. The van der Waals surface area contributed by atoms with Crippen molar-refractivity contribution < 1.29 is 13.2 Å². The highest BCUT2D eigenvalue weighted by Gasteiger charge is 2.30. The molecule has 0 aromatic heterocycles. The average Bonchev–Trinajstić information content (AvgIpc) is 3.23. The first kappa shape index (κ1) is 18.9. The number of hydrogen-bond donors (Lipinski definition) is 0. The zero-order valence-electron chi connectivity index (χ0n) is 15.9. The molecule has 3 aliphatic rings. The van der Waals surface area contributed by atoms with Crippen molar-refractivity contribution in [3.63, 3.8) is 0 Å². The van der Waals surface area contributed by atoms with Crippen molar-refractivity contribution >= 4 is 15.9 Å². The van der Waals surface area contributed by atoms with Crippen molar-refractivity contribution in [1.29, 1.82) is 0 Å². The van der Waals surface area contributed by atoms with Crippen molar-refractivity contribution in [2.24, 2.45) is 0 Å². The fourth-order valence-corrected chi connectivity index (χ4v) is 5.88. The second kappa shape index (κ2) is 7.89. The number of fused-ring (bicyclic) bond motifs is 1. The number of carbonyl (C=O) groups is 1. The van der Waals surface area contributed by atoms with Crippen molar-refractivity contribution in [3.05, 3.63) is 29.3 Å². The molecular weight excluding hydrogens is 362 g/mol. The highest BCUT2D eigenvalue weighted by molar-refractivity contribution is 7.89. The van der Waals surface area contributed by atoms with Gasteiger partial charge >= 0.3 is 0 Å². The monoisotopic (exact) mass is 391 g/mol. The fourth-order valence-electron chi connectivity index (χ4n) is 4.41. The number of sulfonamides is 1. The molecule has 0 spiro atoms. The molecule has 0 N–H and O–H groups in total. The molecular formula is C20H29N3O3S. The van der Waals surface area contributed by atoms with E-state index in [4.69, 9.17) is 0 Å². The first-order chi connectivity index (χ1) is 13.0. The van der Waals surface area contributed by atoms with Gasteiger partial charge < -0.3 is 4.90 Å². The van der Waals surface area contributed by atoms with Crippen LogP contribution in [0, 0.1) is 0 Å². The van der Waals surface area contributed by atoms with Crippen LogP contribution in [0.25, 0.3) is 0 Å². The molecule has 1 aromatic rings. The predicted molar refractivity (Wildman–Crippen MR) is 104 cm³/mol. The van der Waals surface area contributed by atoms with E-state index < -0.39 is 10.0 Å². The lowest BCUT2D eigenvalue weighted by atomic mass is 9.92. The molecule has 4 rings (SSSR count). The van der Waals surface area contributed by atoms with Gasteiger partial charge in [0.05, 0.1) is 11.4 Å². The zero-order chi connectivity index (χ0) is 18.9. The van der Waals surface area contributed by atoms with E-state index in [0.717, 1.165) is 45.2 Å². The number of nitrogens with zero attached hydrogens (tertiary/aromatic N) is 3. The summed E-state index contributed by atoms with van der Waals surface area (Å²) in [5.41, 5.74) is 2.49. The quantitative estimate of drug-likeness (QED) is 0.780. The minimum Gasteiger partial charge on any atom is -0.342 e. The number of aryl methyl sites for hydroxylation is 2. The van der Waals surface area contributed by atoms with E-state index in [-0.39, 0.29) is 5.91 Å². The molecule has 0 bridgehead atoms. The number of rotatable bonds is 4. The van der Waals surface area contributed by atoms with Gasteiger partial charge in [0.1, 0.15) is 0 Å². The molecule has 1 aromatic carbocycles. The molecule has 0 atom stereocenters. The minimum atomic E-state index is -3.45. The van der Waals surface area contributed by atoms with Crippen LogP contribution in [0.2, 0.25) is 0 Å². The van der Waals surface area contributed by atoms with E-state index in [1.54, 1.807) is 10.4 Å². The molecule has 0 saturated carbocycles. The summed E-state index contributed by atoms with van der Waals surface area (Å²) in [5, 5.41) is 0. The maximum absolute atomic E-state index is 13.0. The van der Waals surface area contributed by atoms with Crippen LogP contribution < -0.4 is 0 Å². The maximum Gasteiger partial charge on any atom is 0.243 e. The predicted octanol–water partition coefficient (Wildman–Crippen LogP) is 1.49. The van der Waals surface area contributed by atoms with E-state index in [1.807, 2.05) is 17.0 Å². The average molecular weight is 392 g/mol. The topological polar surface area (TPSA) is 60.9 Å². The number of carbonyl (C=O) groups excluding carboxylic acids is 1. The third-order valence-electron chi connectivity index (χ3n) is 6.11. The molecule has 2 heterocycles. The molecule has 7 heteroatoms. The molecule has 2 saturated heterocycles. The van der Waals surface area contributed by atoms with E-state index in [2.05, 4.69) is 4.90 Å². The second-order valence-electron chi connectivity index (χ2n) is 7.91. The van der Waals surface area contributed by atoms with E-state index in [9.17, 15) is 13.2 Å². The van der Waals surface area contributed by atoms with Crippen molar-refractivity contribution in [2.75, 3.05) is 45.8 Å². The summed E-state index contributed by atoms with van der Waals surface area (Å²) in [5.74, 6) is 0.179. The third kappa shape index (κ3) is 4.05. The highest BCUT2D eigenvalue weighted by Crippen LogP contribution is 2.26. The Morgan fingerprint density at radius 1 is 0.852 bits per heavy atom. The van der Waals surface area contributed by atoms with Crippen LogP contribution in [-0.4, -0.2) is 74.2 Å². The zero-order valence-corrected chi connectivity index (χ0v) is 16.7. The first-order valence-corrected chi connectivity index (χ1v) is 11.6. The Bertz CT molecular complexity index is 795. The van der Waals surface area contributed by atoms with Crippen LogP contribution in [0.1, 0.15) is 36.8 Å². The lowest BCUT2D eigenvalue weighted by Crippen LogP contribution is -2.51. The molecule has 2 fully saturated rings. The molecule has 27 heavy (non-hydrogen) atoms. The molecule has 148 valence electrons. The van der Waals surface area contributed by atoms with E-state index in [0.29, 0.717) is 37.6 Å².